The van der Waals surface area contributed by atoms with Gasteiger partial charge in [0.25, 0.3) is 0 Å². The molecule has 12 nitrogen and oxygen atoms in total. The minimum absolute atomic E-state index is 0.0444. The van der Waals surface area contributed by atoms with Gasteiger partial charge in [0.15, 0.2) is 25.2 Å². The van der Waals surface area contributed by atoms with Crippen molar-refractivity contribution < 1.29 is 58.3 Å². The van der Waals surface area contributed by atoms with E-state index in [1.807, 2.05) is 12.1 Å². The van der Waals surface area contributed by atoms with Crippen LogP contribution in [0.2, 0.25) is 0 Å². The first kappa shape index (κ1) is 54.9. The third-order valence-electron chi connectivity index (χ3n) is 15.1. The highest BCUT2D eigenvalue weighted by molar-refractivity contribution is 5.17. The molecule has 4 saturated heterocycles. The van der Waals surface area contributed by atoms with Crippen LogP contribution in [0.4, 0.5) is 0 Å². The van der Waals surface area contributed by atoms with Crippen LogP contribution in [-0.4, -0.2) is 121 Å². The minimum Gasteiger partial charge on any atom is -0.394 e. The van der Waals surface area contributed by atoms with E-state index in [0.29, 0.717) is 25.9 Å². The number of hydrogen-bond acceptors (Lipinski definition) is 12. The van der Waals surface area contributed by atoms with Crippen LogP contribution < -0.4 is 0 Å². The van der Waals surface area contributed by atoms with Crippen LogP contribution >= 0.6 is 0 Å². The van der Waals surface area contributed by atoms with Crippen molar-refractivity contribution in [1.29, 1.82) is 0 Å². The van der Waals surface area contributed by atoms with E-state index >= 15 is 0 Å². The van der Waals surface area contributed by atoms with Gasteiger partial charge in [-0.05, 0) is 139 Å². The highest BCUT2D eigenvalue weighted by Crippen LogP contribution is 2.41. The Kier molecular flexibility index (Phi) is 23.9. The molecule has 12 heteroatoms. The smallest absolute Gasteiger partial charge is 0.158 e. The van der Waals surface area contributed by atoms with E-state index in [-0.39, 0.29) is 79.9 Å². The quantitative estimate of drug-likeness (QED) is 0.0785. The van der Waals surface area contributed by atoms with Gasteiger partial charge >= 0.3 is 0 Å². The maximum atomic E-state index is 10.9. The SMILES string of the molecule is C=CC[C@@H]1[C@@H](/C=C/[C@H](CCc2ccccc2)OC2CCCCO2)[C@H](OC2CCCCO2)C[C@@H]1O.OCC(O)C[C@@H]1[C@@H](/C=C/[C@H](CCc2ccccc2)OC2CCCCO2)[C@H](OC2CCCCO2)C[C@@H]1O. The van der Waals surface area contributed by atoms with Gasteiger partial charge in [0.05, 0.1) is 49.3 Å². The molecule has 6 aliphatic rings. The zero-order valence-corrected chi connectivity index (χ0v) is 41.8. The van der Waals surface area contributed by atoms with E-state index in [2.05, 4.69) is 85.5 Å². The number of benzene rings is 2. The van der Waals surface area contributed by atoms with Gasteiger partial charge in [-0.3, -0.25) is 0 Å². The molecule has 4 N–H and O–H groups in total. The van der Waals surface area contributed by atoms with Crippen molar-refractivity contribution >= 4 is 0 Å². The molecule has 6 fully saturated rings. The molecule has 70 heavy (non-hydrogen) atoms. The molecule has 0 spiro atoms. The standard InChI is InChI=1S/C29H44O7.C29H42O5/c30-20-22(31)18-25-24(27(19-26(25)32)36-29-11-5-7-17-34-29)15-14-23(35-28-10-4-6-16-33-28)13-12-21-8-2-1-3-9-21;1-2-10-24-25(27(21-26(24)30)34-29-14-7-9-20-32-29)18-17-23(33-28-13-6-8-19-31-28)16-15-22-11-4-3-5-12-22/h1-3,8-9,14-15,22-32H,4-7,10-13,16-20H2;2-5,11-12,17-18,23-30H,1,6-10,13-16,19-21H2/b15-14+;18-17+/t22?,23-,24+,25+,26-,27+,28?,29?;23-,24+,25+,26-,27+,28?,29?/m00/s1. The molecule has 2 aliphatic carbocycles. The Balaban J connectivity index is 0.000000207. The van der Waals surface area contributed by atoms with Crippen LogP contribution in [0.3, 0.4) is 0 Å². The predicted octanol–water partition coefficient (Wildman–Crippen LogP) is 9.31. The van der Waals surface area contributed by atoms with Gasteiger partial charge in [-0.25, -0.2) is 0 Å². The largest absolute Gasteiger partial charge is 0.394 e. The van der Waals surface area contributed by atoms with Gasteiger partial charge < -0.3 is 58.3 Å². The summed E-state index contributed by atoms with van der Waals surface area (Å²) in [5.41, 5.74) is 2.57. The first-order valence-corrected chi connectivity index (χ1v) is 27.1. The van der Waals surface area contributed by atoms with Gasteiger partial charge in [-0.2, -0.15) is 0 Å². The van der Waals surface area contributed by atoms with E-state index in [0.717, 1.165) is 129 Å². The van der Waals surface area contributed by atoms with E-state index in [1.165, 1.54) is 11.1 Å². The van der Waals surface area contributed by atoms with Gasteiger partial charge in [-0.1, -0.05) is 91.0 Å². The Labute approximate surface area is 418 Å². The molecular weight excluding hydrogens is 889 g/mol. The fourth-order valence-corrected chi connectivity index (χ4v) is 11.1. The molecule has 0 amide bonds. The first-order chi connectivity index (χ1) is 34.3. The topological polar surface area (TPSA) is 155 Å². The lowest BCUT2D eigenvalue weighted by molar-refractivity contribution is -0.193. The zero-order chi connectivity index (χ0) is 48.8. The van der Waals surface area contributed by atoms with Crippen molar-refractivity contribution in [3.8, 4) is 0 Å². The minimum atomic E-state index is -0.869. The van der Waals surface area contributed by atoms with Gasteiger partial charge in [0.1, 0.15) is 0 Å². The lowest BCUT2D eigenvalue weighted by Crippen LogP contribution is -2.32. The summed E-state index contributed by atoms with van der Waals surface area (Å²) in [6.45, 7) is 6.56. The number of allylic oxidation sites excluding steroid dienone is 1. The summed E-state index contributed by atoms with van der Waals surface area (Å²) < 4.78 is 49.0. The Bertz CT molecular complexity index is 1760. The molecule has 5 unspecified atom stereocenters. The van der Waals surface area contributed by atoms with Crippen molar-refractivity contribution in [3.63, 3.8) is 0 Å². The van der Waals surface area contributed by atoms with Crippen LogP contribution in [-0.2, 0) is 50.7 Å². The molecule has 0 radical (unpaired) electrons. The third kappa shape index (κ3) is 18.0. The Morgan fingerprint density at radius 3 is 1.39 bits per heavy atom. The normalized spacial score (nSPS) is 33.1. The van der Waals surface area contributed by atoms with Crippen molar-refractivity contribution in [2.45, 2.75) is 196 Å². The molecule has 8 rings (SSSR count). The summed E-state index contributed by atoms with van der Waals surface area (Å²) in [4.78, 5) is 0. The fraction of sp³-hybridized carbons (Fsp3) is 0.690. The van der Waals surface area contributed by atoms with Crippen molar-refractivity contribution in [2.75, 3.05) is 33.0 Å². The Hall–Kier alpha value is -2.82. The fourth-order valence-electron chi connectivity index (χ4n) is 11.1. The summed E-state index contributed by atoms with van der Waals surface area (Å²) >= 11 is 0. The summed E-state index contributed by atoms with van der Waals surface area (Å²) in [6.07, 6.45) is 25.6. The van der Waals surface area contributed by atoms with Crippen molar-refractivity contribution in [3.05, 3.63) is 109 Å². The Morgan fingerprint density at radius 2 is 0.986 bits per heavy atom. The molecule has 0 bridgehead atoms. The lowest BCUT2D eigenvalue weighted by Gasteiger charge is -2.30. The van der Waals surface area contributed by atoms with E-state index in [9.17, 15) is 20.4 Å². The first-order valence-electron chi connectivity index (χ1n) is 27.1. The van der Waals surface area contributed by atoms with Crippen LogP contribution in [0.1, 0.15) is 127 Å². The maximum Gasteiger partial charge on any atom is 0.158 e. The van der Waals surface area contributed by atoms with Crippen LogP contribution in [0.15, 0.2) is 97.6 Å². The molecule has 0 aromatic heterocycles. The number of aliphatic hydroxyl groups is 4. The average molecular weight is 975 g/mol. The summed E-state index contributed by atoms with van der Waals surface area (Å²) in [5, 5.41) is 41.3. The van der Waals surface area contributed by atoms with E-state index < -0.39 is 18.3 Å². The molecule has 2 aromatic carbocycles. The van der Waals surface area contributed by atoms with Crippen LogP contribution in [0, 0.1) is 23.7 Å². The monoisotopic (exact) mass is 975 g/mol. The molecule has 15 atom stereocenters. The second kappa shape index (κ2) is 30.4. The number of aryl methyl sites for hydroxylation is 2. The zero-order valence-electron chi connectivity index (χ0n) is 41.8. The Morgan fingerprint density at radius 1 is 0.571 bits per heavy atom. The molecule has 390 valence electrons. The maximum absolute atomic E-state index is 10.9. The third-order valence-corrected chi connectivity index (χ3v) is 15.1. The van der Waals surface area contributed by atoms with Gasteiger partial charge in [-0.15, -0.1) is 6.58 Å². The molecule has 2 aromatic rings. The number of aliphatic hydroxyl groups excluding tert-OH is 4. The summed E-state index contributed by atoms with van der Waals surface area (Å²) in [6, 6.07) is 20.9. The highest BCUT2D eigenvalue weighted by Gasteiger charge is 2.45. The van der Waals surface area contributed by atoms with Gasteiger partial charge in [0, 0.05) is 51.1 Å². The van der Waals surface area contributed by atoms with Gasteiger partial charge in [0.2, 0.25) is 0 Å². The molecule has 2 saturated carbocycles. The van der Waals surface area contributed by atoms with Crippen molar-refractivity contribution in [1.82, 2.24) is 0 Å². The highest BCUT2D eigenvalue weighted by atomic mass is 16.7. The summed E-state index contributed by atoms with van der Waals surface area (Å²) in [7, 11) is 0. The molecule has 4 aliphatic heterocycles. The predicted molar refractivity (Wildman–Crippen MR) is 269 cm³/mol. The van der Waals surface area contributed by atoms with Crippen LogP contribution in [0.25, 0.3) is 0 Å². The van der Waals surface area contributed by atoms with Crippen LogP contribution in [0.5, 0.6) is 0 Å². The number of hydrogen-bond donors (Lipinski definition) is 4. The van der Waals surface area contributed by atoms with Crippen molar-refractivity contribution in [2.24, 2.45) is 23.7 Å². The second-order valence-electron chi connectivity index (χ2n) is 20.4. The summed E-state index contributed by atoms with van der Waals surface area (Å²) in [5.74, 6) is -0.115. The average Bonchev–Trinajstić information content (AvgIpc) is 3.85. The molecule has 4 heterocycles. The number of ether oxygens (including phenoxy) is 8. The van der Waals surface area contributed by atoms with E-state index in [4.69, 9.17) is 37.9 Å². The molecular formula is C58H86O12. The van der Waals surface area contributed by atoms with E-state index in [1.54, 1.807) is 0 Å². The second-order valence-corrected chi connectivity index (χ2v) is 20.4. The number of rotatable bonds is 23. The lowest BCUT2D eigenvalue weighted by atomic mass is 9.87.